The third-order valence-electron chi connectivity index (χ3n) is 2.23. The molecule has 2 rings (SSSR count). The number of hydrogen-bond acceptors (Lipinski definition) is 3. The lowest BCUT2D eigenvalue weighted by atomic mass is 10.2. The Labute approximate surface area is 107 Å². The van der Waals surface area contributed by atoms with E-state index in [2.05, 4.69) is 31.2 Å². The summed E-state index contributed by atoms with van der Waals surface area (Å²) in [6.07, 6.45) is 3.35. The molecule has 0 unspecified atom stereocenters. The first-order chi connectivity index (χ1) is 8.16. The largest absolute Gasteiger partial charge is 0.398 e. The van der Waals surface area contributed by atoms with Gasteiger partial charge in [-0.15, -0.1) is 0 Å². The van der Waals surface area contributed by atoms with Crippen LogP contribution in [-0.2, 0) is 6.54 Å². The number of aromatic nitrogens is 2. The number of carbonyl (C=O) groups excluding carboxylic acids is 1. The van der Waals surface area contributed by atoms with E-state index in [0.717, 1.165) is 0 Å². The second-order valence-electron chi connectivity index (χ2n) is 3.45. The van der Waals surface area contributed by atoms with E-state index in [4.69, 9.17) is 5.73 Å². The molecule has 0 bridgehead atoms. The number of amides is 1. The highest BCUT2D eigenvalue weighted by atomic mass is 79.9. The number of aromatic amines is 1. The predicted molar refractivity (Wildman–Crippen MR) is 68.3 cm³/mol. The van der Waals surface area contributed by atoms with Gasteiger partial charge in [0.25, 0.3) is 5.91 Å². The number of hydrogen-bond donors (Lipinski definition) is 3. The van der Waals surface area contributed by atoms with Crippen LogP contribution in [0.5, 0.6) is 0 Å². The highest BCUT2D eigenvalue weighted by Gasteiger charge is 2.07. The van der Waals surface area contributed by atoms with Crippen LogP contribution in [-0.4, -0.2) is 15.9 Å². The molecule has 5 nitrogen and oxygen atoms in total. The maximum Gasteiger partial charge on any atom is 0.251 e. The smallest absolute Gasteiger partial charge is 0.251 e. The van der Waals surface area contributed by atoms with Crippen molar-refractivity contribution >= 4 is 27.5 Å². The molecule has 1 heterocycles. The number of nitrogen functional groups attached to an aromatic ring is 1. The van der Waals surface area contributed by atoms with E-state index in [0.29, 0.717) is 28.1 Å². The Morgan fingerprint density at radius 3 is 3.00 bits per heavy atom. The van der Waals surface area contributed by atoms with Crippen molar-refractivity contribution < 1.29 is 4.79 Å². The zero-order chi connectivity index (χ0) is 12.3. The van der Waals surface area contributed by atoms with Crippen molar-refractivity contribution in [2.45, 2.75) is 6.54 Å². The molecular weight excluding hydrogens is 284 g/mol. The molecule has 0 spiro atoms. The van der Waals surface area contributed by atoms with Gasteiger partial charge in [0.05, 0.1) is 6.54 Å². The van der Waals surface area contributed by atoms with Crippen molar-refractivity contribution in [2.24, 2.45) is 0 Å². The molecule has 0 atom stereocenters. The van der Waals surface area contributed by atoms with Crippen molar-refractivity contribution in [1.82, 2.24) is 15.3 Å². The fraction of sp³-hybridized carbons (Fsp3) is 0.0909. The van der Waals surface area contributed by atoms with Crippen LogP contribution in [0.4, 0.5) is 5.69 Å². The van der Waals surface area contributed by atoms with Gasteiger partial charge < -0.3 is 16.0 Å². The third kappa shape index (κ3) is 2.85. The average Bonchev–Trinajstić information content (AvgIpc) is 2.82. The quantitative estimate of drug-likeness (QED) is 0.753. The first kappa shape index (κ1) is 11.7. The maximum absolute atomic E-state index is 11.8. The van der Waals surface area contributed by atoms with Gasteiger partial charge in [-0.1, -0.05) is 0 Å². The first-order valence-electron chi connectivity index (χ1n) is 4.98. The van der Waals surface area contributed by atoms with Crippen LogP contribution < -0.4 is 11.1 Å². The lowest BCUT2D eigenvalue weighted by molar-refractivity contribution is 0.0950. The zero-order valence-electron chi connectivity index (χ0n) is 8.90. The molecule has 0 saturated heterocycles. The molecule has 0 aliphatic rings. The highest BCUT2D eigenvalue weighted by molar-refractivity contribution is 9.10. The number of nitrogens with one attached hydrogen (secondary N) is 2. The number of nitrogens with zero attached hydrogens (tertiary/aromatic N) is 1. The zero-order valence-corrected chi connectivity index (χ0v) is 10.5. The Hall–Kier alpha value is -1.82. The molecule has 0 aliphatic carbocycles. The van der Waals surface area contributed by atoms with Gasteiger partial charge in [-0.25, -0.2) is 4.98 Å². The molecule has 4 N–H and O–H groups in total. The van der Waals surface area contributed by atoms with Gasteiger partial charge in [-0.2, -0.15) is 0 Å². The molecule has 1 amide bonds. The van der Waals surface area contributed by atoms with Crippen molar-refractivity contribution in [3.05, 3.63) is 46.5 Å². The van der Waals surface area contributed by atoms with Crippen LogP contribution in [0.3, 0.4) is 0 Å². The number of benzene rings is 1. The van der Waals surface area contributed by atoms with Crippen molar-refractivity contribution in [3.63, 3.8) is 0 Å². The second kappa shape index (κ2) is 5.01. The molecule has 0 fully saturated rings. The fourth-order valence-corrected chi connectivity index (χ4v) is 1.71. The molecule has 0 aliphatic heterocycles. The molecule has 0 saturated carbocycles. The number of nitrogens with two attached hydrogens (primary N) is 1. The van der Waals surface area contributed by atoms with Crippen molar-refractivity contribution in [1.29, 1.82) is 0 Å². The summed E-state index contributed by atoms with van der Waals surface area (Å²) >= 11 is 3.28. The van der Waals surface area contributed by atoms with Crippen LogP contribution in [0.25, 0.3) is 0 Å². The van der Waals surface area contributed by atoms with E-state index in [1.165, 1.54) is 0 Å². The SMILES string of the molecule is Nc1ccc(C(=O)NCc2ncc[nH]2)cc1Br. The van der Waals surface area contributed by atoms with Crippen LogP contribution in [0.2, 0.25) is 0 Å². The van der Waals surface area contributed by atoms with Gasteiger partial charge in [-0.05, 0) is 34.1 Å². The molecule has 17 heavy (non-hydrogen) atoms. The minimum absolute atomic E-state index is 0.165. The summed E-state index contributed by atoms with van der Waals surface area (Å²) in [5.41, 5.74) is 6.80. The van der Waals surface area contributed by atoms with E-state index < -0.39 is 0 Å². The Morgan fingerprint density at radius 1 is 1.53 bits per heavy atom. The van der Waals surface area contributed by atoms with Crippen LogP contribution in [0.1, 0.15) is 16.2 Å². The first-order valence-corrected chi connectivity index (χ1v) is 5.77. The number of carbonyl (C=O) groups is 1. The molecular formula is C11H11BrN4O. The van der Waals surface area contributed by atoms with E-state index in [9.17, 15) is 4.79 Å². The lowest BCUT2D eigenvalue weighted by Crippen LogP contribution is -2.23. The minimum atomic E-state index is -0.165. The van der Waals surface area contributed by atoms with Gasteiger partial charge in [0.2, 0.25) is 0 Å². The number of rotatable bonds is 3. The summed E-state index contributed by atoms with van der Waals surface area (Å²) in [7, 11) is 0. The topological polar surface area (TPSA) is 83.8 Å². The Bertz CT molecular complexity index is 524. The monoisotopic (exact) mass is 294 g/mol. The minimum Gasteiger partial charge on any atom is -0.398 e. The predicted octanol–water partition coefficient (Wildman–Crippen LogP) is 1.68. The van der Waals surface area contributed by atoms with Crippen molar-refractivity contribution in [2.75, 3.05) is 5.73 Å². The second-order valence-corrected chi connectivity index (χ2v) is 4.31. The molecule has 1 aromatic carbocycles. The molecule has 88 valence electrons. The normalized spacial score (nSPS) is 10.2. The van der Waals surface area contributed by atoms with E-state index in [1.54, 1.807) is 30.6 Å². The summed E-state index contributed by atoms with van der Waals surface area (Å²) in [5, 5.41) is 2.75. The number of H-pyrrole nitrogens is 1. The molecule has 6 heteroatoms. The summed E-state index contributed by atoms with van der Waals surface area (Å²) in [5.74, 6) is 0.551. The Balaban J connectivity index is 2.02. The van der Waals surface area contributed by atoms with E-state index in [-0.39, 0.29) is 5.91 Å². The third-order valence-corrected chi connectivity index (χ3v) is 2.92. The summed E-state index contributed by atoms with van der Waals surface area (Å²) in [6.45, 7) is 0.369. The standard InChI is InChI=1S/C11H11BrN4O/c12-8-5-7(1-2-9(8)13)11(17)16-6-10-14-3-4-15-10/h1-5H,6,13H2,(H,14,15)(H,16,17). The fourth-order valence-electron chi connectivity index (χ4n) is 1.33. The molecule has 1 aromatic heterocycles. The summed E-state index contributed by atoms with van der Waals surface area (Å²) in [6, 6.07) is 5.05. The molecule has 2 aromatic rings. The van der Waals surface area contributed by atoms with Crippen molar-refractivity contribution in [3.8, 4) is 0 Å². The van der Waals surface area contributed by atoms with Crippen LogP contribution >= 0.6 is 15.9 Å². The highest BCUT2D eigenvalue weighted by Crippen LogP contribution is 2.20. The van der Waals surface area contributed by atoms with Gasteiger partial charge >= 0.3 is 0 Å². The maximum atomic E-state index is 11.8. The number of halogens is 1. The average molecular weight is 295 g/mol. The number of anilines is 1. The Kier molecular flexibility index (Phi) is 3.43. The van der Waals surface area contributed by atoms with Gasteiger partial charge in [-0.3, -0.25) is 4.79 Å². The lowest BCUT2D eigenvalue weighted by Gasteiger charge is -2.05. The van der Waals surface area contributed by atoms with Gasteiger partial charge in [0, 0.05) is 28.1 Å². The number of imidazole rings is 1. The van der Waals surface area contributed by atoms with Crippen LogP contribution in [0, 0.1) is 0 Å². The van der Waals surface area contributed by atoms with Gasteiger partial charge in [0.15, 0.2) is 0 Å². The Morgan fingerprint density at radius 2 is 2.35 bits per heavy atom. The summed E-state index contributed by atoms with van der Waals surface area (Å²) in [4.78, 5) is 18.7. The van der Waals surface area contributed by atoms with Crippen LogP contribution in [0.15, 0.2) is 35.1 Å². The van der Waals surface area contributed by atoms with E-state index in [1.807, 2.05) is 0 Å². The molecule has 0 radical (unpaired) electrons. The van der Waals surface area contributed by atoms with Gasteiger partial charge in [0.1, 0.15) is 5.82 Å². The van der Waals surface area contributed by atoms with E-state index >= 15 is 0 Å². The summed E-state index contributed by atoms with van der Waals surface area (Å²) < 4.78 is 0.711.